The maximum atomic E-state index is 12.7. The zero-order valence-electron chi connectivity index (χ0n) is 22.2. The second kappa shape index (κ2) is 10.3. The highest BCUT2D eigenvalue weighted by Gasteiger charge is 2.59. The normalized spacial score (nSPS) is 24.5. The third kappa shape index (κ3) is 4.61. The van der Waals surface area contributed by atoms with E-state index in [2.05, 4.69) is 4.98 Å². The van der Waals surface area contributed by atoms with Gasteiger partial charge in [-0.15, -0.1) is 0 Å². The number of benzene rings is 3. The Labute approximate surface area is 231 Å². The first-order chi connectivity index (χ1) is 19.3. The first-order valence-corrected chi connectivity index (χ1v) is 13.2. The van der Waals surface area contributed by atoms with Gasteiger partial charge in [-0.2, -0.15) is 4.98 Å². The van der Waals surface area contributed by atoms with Gasteiger partial charge in [0.1, 0.15) is 29.7 Å². The Hall–Kier alpha value is -3.86. The summed E-state index contributed by atoms with van der Waals surface area (Å²) in [4.78, 5) is 16.6. The highest BCUT2D eigenvalue weighted by atomic mass is 16.8. The number of anilines is 1. The minimum absolute atomic E-state index is 0.0954. The summed E-state index contributed by atoms with van der Waals surface area (Å²) < 4.78 is 26.7. The number of nitrogen functional groups attached to an aromatic ring is 1. The highest BCUT2D eigenvalue weighted by molar-refractivity contribution is 5.47. The number of aliphatic hydroxyl groups excluding tert-OH is 1. The predicted octanol–water partition coefficient (Wildman–Crippen LogP) is 3.57. The van der Waals surface area contributed by atoms with E-state index in [1.165, 1.54) is 16.8 Å². The molecule has 6 rings (SSSR count). The first-order valence-electron chi connectivity index (χ1n) is 13.2. The van der Waals surface area contributed by atoms with E-state index in [0.29, 0.717) is 0 Å². The number of fused-ring (bicyclic) bond motifs is 1. The Bertz CT molecular complexity index is 1420. The summed E-state index contributed by atoms with van der Waals surface area (Å²) in [7, 11) is 0. The summed E-state index contributed by atoms with van der Waals surface area (Å²) in [6, 6.07) is 30.7. The van der Waals surface area contributed by atoms with Crippen molar-refractivity contribution in [3.05, 3.63) is 130 Å². The molecule has 3 aromatic carbocycles. The number of aliphatic hydroxyl groups is 1. The Morgan fingerprint density at radius 2 is 1.38 bits per heavy atom. The summed E-state index contributed by atoms with van der Waals surface area (Å²) in [6.07, 6.45) is -3.36. The lowest BCUT2D eigenvalue weighted by Crippen LogP contribution is -2.46. The molecule has 0 aliphatic carbocycles. The lowest BCUT2D eigenvalue weighted by atomic mass is 9.80. The molecular formula is C31H31N3O6. The lowest BCUT2D eigenvalue weighted by Gasteiger charge is -2.39. The molecule has 0 spiro atoms. The molecule has 206 valence electrons. The molecule has 9 nitrogen and oxygen atoms in total. The number of aromatic nitrogens is 2. The van der Waals surface area contributed by atoms with Crippen molar-refractivity contribution in [1.82, 2.24) is 9.55 Å². The van der Waals surface area contributed by atoms with Gasteiger partial charge in [0.2, 0.25) is 0 Å². The molecule has 3 N–H and O–H groups in total. The second-order valence-corrected chi connectivity index (χ2v) is 10.4. The van der Waals surface area contributed by atoms with Gasteiger partial charge in [-0.05, 0) is 36.6 Å². The number of ether oxygens (including phenoxy) is 4. The van der Waals surface area contributed by atoms with Gasteiger partial charge < -0.3 is 29.8 Å². The standard InChI is InChI=1S/C31H31N3O6/c1-30(2)38-24-25(39-30)27(34-19-18-23(32)33-29(34)36)37-26(24)28(35)40-31(20-12-6-3-7-13-20,21-14-8-4-9-15-21)22-16-10-5-11-17-22/h3-19,24-28,35H,1-2H3,(H2,32,33,36)/t24-,25+,26-,27+,28?/m0/s1. The van der Waals surface area contributed by atoms with E-state index >= 15 is 0 Å². The molecule has 0 saturated carbocycles. The molecule has 0 amide bonds. The van der Waals surface area contributed by atoms with Crippen LogP contribution in [0.1, 0.15) is 36.8 Å². The number of hydrogen-bond donors (Lipinski definition) is 2. The Morgan fingerprint density at radius 3 is 1.88 bits per heavy atom. The van der Waals surface area contributed by atoms with Gasteiger partial charge in [0.15, 0.2) is 18.3 Å². The van der Waals surface area contributed by atoms with Crippen LogP contribution < -0.4 is 11.4 Å². The zero-order chi connectivity index (χ0) is 27.9. The van der Waals surface area contributed by atoms with Crippen molar-refractivity contribution in [2.75, 3.05) is 5.73 Å². The molecular weight excluding hydrogens is 510 g/mol. The summed E-state index contributed by atoms with van der Waals surface area (Å²) in [5.41, 5.74) is 6.37. The van der Waals surface area contributed by atoms with Crippen LogP contribution in [0.3, 0.4) is 0 Å². The van der Waals surface area contributed by atoms with Crippen LogP contribution in [-0.2, 0) is 24.5 Å². The van der Waals surface area contributed by atoms with E-state index in [4.69, 9.17) is 24.7 Å². The van der Waals surface area contributed by atoms with Crippen LogP contribution >= 0.6 is 0 Å². The van der Waals surface area contributed by atoms with Crippen molar-refractivity contribution in [3.8, 4) is 0 Å². The third-order valence-corrected chi connectivity index (χ3v) is 7.31. The van der Waals surface area contributed by atoms with Crippen molar-refractivity contribution >= 4 is 5.82 Å². The van der Waals surface area contributed by atoms with Crippen LogP contribution in [0.15, 0.2) is 108 Å². The van der Waals surface area contributed by atoms with E-state index in [1.807, 2.05) is 91.0 Å². The predicted molar refractivity (Wildman–Crippen MR) is 147 cm³/mol. The maximum Gasteiger partial charge on any atom is 0.351 e. The van der Waals surface area contributed by atoms with Gasteiger partial charge in [0.25, 0.3) is 0 Å². The molecule has 3 heterocycles. The van der Waals surface area contributed by atoms with Crippen molar-refractivity contribution in [2.45, 2.75) is 56.1 Å². The fraction of sp³-hybridized carbons (Fsp3) is 0.290. The third-order valence-electron chi connectivity index (χ3n) is 7.31. The van der Waals surface area contributed by atoms with Gasteiger partial charge in [-0.25, -0.2) is 4.79 Å². The Kier molecular flexibility index (Phi) is 6.77. The molecule has 1 unspecified atom stereocenters. The number of hydrogen-bond acceptors (Lipinski definition) is 8. The topological polar surface area (TPSA) is 118 Å². The van der Waals surface area contributed by atoms with Gasteiger partial charge in [0.05, 0.1) is 0 Å². The molecule has 2 aliphatic rings. The molecule has 0 radical (unpaired) electrons. The van der Waals surface area contributed by atoms with E-state index in [9.17, 15) is 9.90 Å². The van der Waals surface area contributed by atoms with E-state index < -0.39 is 47.9 Å². The molecule has 2 fully saturated rings. The van der Waals surface area contributed by atoms with Crippen LogP contribution in [-0.4, -0.2) is 45.0 Å². The molecule has 0 bridgehead atoms. The molecule has 2 aliphatic heterocycles. The van der Waals surface area contributed by atoms with Crippen molar-refractivity contribution in [3.63, 3.8) is 0 Å². The number of nitrogens with zero attached hydrogens (tertiary/aromatic N) is 2. The monoisotopic (exact) mass is 541 g/mol. The lowest BCUT2D eigenvalue weighted by molar-refractivity contribution is -0.258. The van der Waals surface area contributed by atoms with Gasteiger partial charge >= 0.3 is 5.69 Å². The zero-order valence-corrected chi connectivity index (χ0v) is 22.2. The molecule has 2 saturated heterocycles. The summed E-state index contributed by atoms with van der Waals surface area (Å²) in [5, 5.41) is 11.9. The van der Waals surface area contributed by atoms with Crippen LogP contribution in [0.5, 0.6) is 0 Å². The van der Waals surface area contributed by atoms with Gasteiger partial charge in [0, 0.05) is 6.20 Å². The average Bonchev–Trinajstić information content (AvgIpc) is 3.46. The van der Waals surface area contributed by atoms with Crippen LogP contribution in [0.2, 0.25) is 0 Å². The molecule has 5 atom stereocenters. The fourth-order valence-electron chi connectivity index (χ4n) is 5.65. The quantitative estimate of drug-likeness (QED) is 0.269. The van der Waals surface area contributed by atoms with E-state index in [1.54, 1.807) is 13.8 Å². The van der Waals surface area contributed by atoms with Crippen LogP contribution in [0.25, 0.3) is 0 Å². The summed E-state index contributed by atoms with van der Waals surface area (Å²) in [5.74, 6) is -0.881. The van der Waals surface area contributed by atoms with Gasteiger partial charge in [-0.3, -0.25) is 4.57 Å². The first kappa shape index (κ1) is 26.4. The Morgan fingerprint density at radius 1 is 0.875 bits per heavy atom. The highest BCUT2D eigenvalue weighted by Crippen LogP contribution is 2.47. The SMILES string of the molecule is CC1(C)O[C@@H]2[C@H](O1)[C@@H](C(O)OC(c1ccccc1)(c1ccccc1)c1ccccc1)O[C@H]2n1ccc(N)nc1=O. The number of nitrogens with two attached hydrogens (primary N) is 1. The minimum atomic E-state index is -1.49. The fourth-order valence-corrected chi connectivity index (χ4v) is 5.65. The maximum absolute atomic E-state index is 12.7. The second-order valence-electron chi connectivity index (χ2n) is 10.4. The summed E-state index contributed by atoms with van der Waals surface area (Å²) in [6.45, 7) is 3.55. The number of rotatable bonds is 7. The van der Waals surface area contributed by atoms with Crippen LogP contribution in [0, 0.1) is 0 Å². The molecule has 40 heavy (non-hydrogen) atoms. The van der Waals surface area contributed by atoms with E-state index in [-0.39, 0.29) is 5.82 Å². The van der Waals surface area contributed by atoms with Crippen molar-refractivity contribution < 1.29 is 24.1 Å². The smallest absolute Gasteiger partial charge is 0.351 e. The average molecular weight is 542 g/mol. The molecule has 4 aromatic rings. The van der Waals surface area contributed by atoms with Crippen LogP contribution in [0.4, 0.5) is 5.82 Å². The largest absolute Gasteiger partial charge is 0.383 e. The van der Waals surface area contributed by atoms with Crippen molar-refractivity contribution in [2.24, 2.45) is 0 Å². The minimum Gasteiger partial charge on any atom is -0.383 e. The molecule has 9 heteroatoms. The van der Waals surface area contributed by atoms with Crippen molar-refractivity contribution in [1.29, 1.82) is 0 Å². The summed E-state index contributed by atoms with van der Waals surface area (Å²) >= 11 is 0. The molecule has 1 aromatic heterocycles. The van der Waals surface area contributed by atoms with E-state index in [0.717, 1.165) is 16.7 Å². The van der Waals surface area contributed by atoms with Gasteiger partial charge in [-0.1, -0.05) is 91.0 Å². The Balaban J connectivity index is 1.44.